The fourth-order valence-corrected chi connectivity index (χ4v) is 3.69. The van der Waals surface area contributed by atoms with Gasteiger partial charge in [0.1, 0.15) is 5.82 Å². The van der Waals surface area contributed by atoms with Crippen molar-refractivity contribution in [1.29, 1.82) is 0 Å². The van der Waals surface area contributed by atoms with Crippen molar-refractivity contribution in [3.05, 3.63) is 69.0 Å². The van der Waals surface area contributed by atoms with Crippen molar-refractivity contribution in [2.24, 2.45) is 0 Å². The molecule has 9 heteroatoms. The number of hydrogen-bond donors (Lipinski definition) is 1. The van der Waals surface area contributed by atoms with Crippen LogP contribution in [-0.2, 0) is 0 Å². The standard InChI is InChI=1S/C18H12BrClN4O2S/c1-10-8-16(22-17(25)14-6-7-15(19)26-14)24(23-10)18-21-13(9-27-18)11-2-4-12(20)5-3-11/h2-9H,1H3,(H,22,25). The summed E-state index contributed by atoms with van der Waals surface area (Å²) in [5.41, 5.74) is 2.53. The lowest BCUT2D eigenvalue weighted by molar-refractivity contribution is 0.0994. The predicted molar refractivity (Wildman–Crippen MR) is 109 cm³/mol. The van der Waals surface area contributed by atoms with Crippen molar-refractivity contribution >= 4 is 50.6 Å². The van der Waals surface area contributed by atoms with Crippen LogP contribution < -0.4 is 5.32 Å². The van der Waals surface area contributed by atoms with Crippen LogP contribution in [0, 0.1) is 6.92 Å². The molecular weight excluding hydrogens is 452 g/mol. The van der Waals surface area contributed by atoms with E-state index in [4.69, 9.17) is 16.0 Å². The van der Waals surface area contributed by atoms with Crippen LogP contribution in [-0.4, -0.2) is 20.7 Å². The number of thiazole rings is 1. The van der Waals surface area contributed by atoms with Crippen LogP contribution in [0.2, 0.25) is 5.02 Å². The number of carbonyl (C=O) groups is 1. The van der Waals surface area contributed by atoms with Crippen LogP contribution >= 0.6 is 38.9 Å². The topological polar surface area (TPSA) is 73.0 Å². The van der Waals surface area contributed by atoms with Crippen molar-refractivity contribution in [2.75, 3.05) is 5.32 Å². The van der Waals surface area contributed by atoms with Gasteiger partial charge in [0.15, 0.2) is 10.4 Å². The molecule has 4 aromatic rings. The molecule has 1 amide bonds. The average Bonchev–Trinajstić information content (AvgIpc) is 3.35. The summed E-state index contributed by atoms with van der Waals surface area (Å²) in [6.07, 6.45) is 0. The minimum Gasteiger partial charge on any atom is -0.444 e. The Balaban J connectivity index is 1.63. The Bertz CT molecular complexity index is 1120. The Labute approximate surface area is 171 Å². The van der Waals surface area contributed by atoms with E-state index < -0.39 is 0 Å². The van der Waals surface area contributed by atoms with Gasteiger partial charge in [0, 0.05) is 22.0 Å². The van der Waals surface area contributed by atoms with E-state index in [1.807, 2.05) is 36.6 Å². The van der Waals surface area contributed by atoms with Gasteiger partial charge < -0.3 is 9.73 Å². The van der Waals surface area contributed by atoms with E-state index >= 15 is 0 Å². The number of nitrogens with zero attached hydrogens (tertiary/aromatic N) is 3. The average molecular weight is 464 g/mol. The number of hydrogen-bond acceptors (Lipinski definition) is 5. The SMILES string of the molecule is Cc1cc(NC(=O)c2ccc(Br)o2)n(-c2nc(-c3ccc(Cl)cc3)cs2)n1. The summed E-state index contributed by atoms with van der Waals surface area (Å²) in [6.45, 7) is 1.85. The van der Waals surface area contributed by atoms with E-state index in [1.54, 1.807) is 22.9 Å². The van der Waals surface area contributed by atoms with Crippen LogP contribution in [0.25, 0.3) is 16.4 Å². The van der Waals surface area contributed by atoms with Gasteiger partial charge in [-0.05, 0) is 47.1 Å². The van der Waals surface area contributed by atoms with E-state index in [0.717, 1.165) is 17.0 Å². The molecule has 27 heavy (non-hydrogen) atoms. The summed E-state index contributed by atoms with van der Waals surface area (Å²) < 4.78 is 7.39. The van der Waals surface area contributed by atoms with Crippen LogP contribution in [0.3, 0.4) is 0 Å². The molecule has 6 nitrogen and oxygen atoms in total. The lowest BCUT2D eigenvalue weighted by Gasteiger charge is -2.05. The summed E-state index contributed by atoms with van der Waals surface area (Å²) in [4.78, 5) is 17.0. The fourth-order valence-electron chi connectivity index (χ4n) is 2.46. The Morgan fingerprint density at radius 1 is 1.26 bits per heavy atom. The maximum Gasteiger partial charge on any atom is 0.292 e. The quantitative estimate of drug-likeness (QED) is 0.430. The first-order chi connectivity index (χ1) is 13.0. The highest BCUT2D eigenvalue weighted by molar-refractivity contribution is 9.10. The van der Waals surface area contributed by atoms with Gasteiger partial charge >= 0.3 is 0 Å². The molecule has 0 saturated carbocycles. The highest BCUT2D eigenvalue weighted by atomic mass is 79.9. The number of anilines is 1. The molecule has 0 atom stereocenters. The van der Waals surface area contributed by atoms with Crippen molar-refractivity contribution in [1.82, 2.24) is 14.8 Å². The molecule has 1 aromatic carbocycles. The highest BCUT2D eigenvalue weighted by Gasteiger charge is 2.17. The van der Waals surface area contributed by atoms with Gasteiger partial charge in [-0.25, -0.2) is 4.98 Å². The number of carbonyl (C=O) groups excluding carboxylic acids is 1. The molecule has 1 N–H and O–H groups in total. The molecule has 136 valence electrons. The van der Waals surface area contributed by atoms with E-state index in [-0.39, 0.29) is 11.7 Å². The first kappa shape index (κ1) is 18.0. The monoisotopic (exact) mass is 462 g/mol. The molecule has 0 unspecified atom stereocenters. The predicted octanol–water partition coefficient (Wildman–Crippen LogP) is 5.57. The molecule has 0 fully saturated rings. The largest absolute Gasteiger partial charge is 0.444 e. The van der Waals surface area contributed by atoms with Crippen LogP contribution in [0.4, 0.5) is 5.82 Å². The number of rotatable bonds is 4. The number of benzene rings is 1. The molecule has 0 saturated heterocycles. The molecule has 0 radical (unpaired) electrons. The van der Waals surface area contributed by atoms with Gasteiger partial charge in [-0.3, -0.25) is 4.79 Å². The smallest absolute Gasteiger partial charge is 0.292 e. The fraction of sp³-hybridized carbons (Fsp3) is 0.0556. The highest BCUT2D eigenvalue weighted by Crippen LogP contribution is 2.27. The second-order valence-electron chi connectivity index (χ2n) is 5.66. The van der Waals surface area contributed by atoms with Crippen molar-refractivity contribution < 1.29 is 9.21 Å². The van der Waals surface area contributed by atoms with E-state index in [1.165, 1.54) is 11.3 Å². The molecular formula is C18H12BrClN4O2S. The Hall–Kier alpha value is -2.42. The molecule has 3 heterocycles. The third-order valence-electron chi connectivity index (χ3n) is 3.68. The van der Waals surface area contributed by atoms with Crippen molar-refractivity contribution in [3.63, 3.8) is 0 Å². The van der Waals surface area contributed by atoms with Crippen LogP contribution in [0.1, 0.15) is 16.2 Å². The molecule has 0 aliphatic carbocycles. The summed E-state index contributed by atoms with van der Waals surface area (Å²) >= 11 is 10.6. The van der Waals surface area contributed by atoms with E-state index in [9.17, 15) is 4.79 Å². The van der Waals surface area contributed by atoms with E-state index in [2.05, 4.69) is 31.3 Å². The third kappa shape index (κ3) is 3.83. The van der Waals surface area contributed by atoms with Crippen LogP contribution in [0.15, 0.2) is 56.9 Å². The lowest BCUT2D eigenvalue weighted by atomic mass is 10.2. The number of aryl methyl sites for hydroxylation is 1. The zero-order valence-corrected chi connectivity index (χ0v) is 17.1. The first-order valence-corrected chi connectivity index (χ1v) is 9.90. The normalized spacial score (nSPS) is 10.9. The molecule has 4 rings (SSSR count). The van der Waals surface area contributed by atoms with Gasteiger partial charge in [-0.2, -0.15) is 9.78 Å². The summed E-state index contributed by atoms with van der Waals surface area (Å²) in [5.74, 6) is 0.353. The minimum atomic E-state index is -0.365. The zero-order valence-electron chi connectivity index (χ0n) is 13.9. The number of halogens is 2. The summed E-state index contributed by atoms with van der Waals surface area (Å²) in [6, 6.07) is 12.5. The third-order valence-corrected chi connectivity index (χ3v) is 5.18. The second kappa shape index (κ2) is 7.30. The molecule has 3 aromatic heterocycles. The zero-order chi connectivity index (χ0) is 19.0. The van der Waals surface area contributed by atoms with Crippen LogP contribution in [0.5, 0.6) is 0 Å². The molecule has 0 spiro atoms. The number of aromatic nitrogens is 3. The number of nitrogens with one attached hydrogen (secondary N) is 1. The van der Waals surface area contributed by atoms with Crippen molar-refractivity contribution in [2.45, 2.75) is 6.92 Å². The van der Waals surface area contributed by atoms with Crippen molar-refractivity contribution in [3.8, 4) is 16.4 Å². The van der Waals surface area contributed by atoms with Gasteiger partial charge in [-0.1, -0.05) is 23.7 Å². The second-order valence-corrected chi connectivity index (χ2v) is 7.72. The number of furan rings is 1. The molecule has 0 aliphatic heterocycles. The molecule has 0 aliphatic rings. The Morgan fingerprint density at radius 2 is 2.04 bits per heavy atom. The maximum absolute atomic E-state index is 12.4. The van der Waals surface area contributed by atoms with Gasteiger partial charge in [0.2, 0.25) is 5.13 Å². The van der Waals surface area contributed by atoms with Gasteiger partial charge in [0.25, 0.3) is 5.91 Å². The Morgan fingerprint density at radius 3 is 2.74 bits per heavy atom. The maximum atomic E-state index is 12.4. The van der Waals surface area contributed by atoms with E-state index in [0.29, 0.717) is 20.6 Å². The van der Waals surface area contributed by atoms with Gasteiger partial charge in [0.05, 0.1) is 11.4 Å². The Kier molecular flexibility index (Phi) is 4.86. The summed E-state index contributed by atoms with van der Waals surface area (Å²) in [5, 5.41) is 10.5. The minimum absolute atomic E-state index is 0.202. The lowest BCUT2D eigenvalue weighted by Crippen LogP contribution is -2.14. The first-order valence-electron chi connectivity index (χ1n) is 7.85. The van der Waals surface area contributed by atoms with Gasteiger partial charge in [-0.15, -0.1) is 11.3 Å². The molecule has 0 bridgehead atoms. The number of amides is 1. The summed E-state index contributed by atoms with van der Waals surface area (Å²) in [7, 11) is 0.